The van der Waals surface area contributed by atoms with Crippen molar-refractivity contribution >= 4 is 6.21 Å². The summed E-state index contributed by atoms with van der Waals surface area (Å²) in [5.74, 6) is 0.268. The second kappa shape index (κ2) is 6.69. The molecule has 114 valence electrons. The Bertz CT molecular complexity index is 476. The molecule has 2 aliphatic heterocycles. The van der Waals surface area contributed by atoms with Crippen LogP contribution in [-0.4, -0.2) is 60.6 Å². The van der Waals surface area contributed by atoms with Crippen molar-refractivity contribution in [3.05, 3.63) is 35.9 Å². The van der Waals surface area contributed by atoms with Gasteiger partial charge in [-0.1, -0.05) is 30.3 Å². The van der Waals surface area contributed by atoms with Crippen molar-refractivity contribution < 1.29 is 5.11 Å². The smallest absolute Gasteiger partial charge is 0.107 e. The van der Waals surface area contributed by atoms with E-state index in [0.717, 1.165) is 32.5 Å². The van der Waals surface area contributed by atoms with E-state index in [4.69, 9.17) is 4.99 Å². The molecule has 21 heavy (non-hydrogen) atoms. The molecule has 4 nitrogen and oxygen atoms in total. The van der Waals surface area contributed by atoms with Gasteiger partial charge >= 0.3 is 0 Å². The van der Waals surface area contributed by atoms with Crippen LogP contribution in [0, 0.1) is 5.92 Å². The Labute approximate surface area is 127 Å². The molecule has 2 aliphatic rings. The number of nitrogens with zero attached hydrogens (tertiary/aromatic N) is 3. The van der Waals surface area contributed by atoms with Crippen LogP contribution in [-0.2, 0) is 0 Å². The van der Waals surface area contributed by atoms with Crippen molar-refractivity contribution in [3.8, 4) is 0 Å². The molecule has 0 bridgehead atoms. The van der Waals surface area contributed by atoms with Crippen LogP contribution in [0.2, 0.25) is 0 Å². The topological polar surface area (TPSA) is 39.1 Å². The van der Waals surface area contributed by atoms with Gasteiger partial charge in [-0.3, -0.25) is 9.89 Å². The van der Waals surface area contributed by atoms with Gasteiger partial charge in [-0.25, -0.2) is 0 Å². The molecule has 1 N–H and O–H groups in total. The molecule has 1 aromatic rings. The number of hydrogen-bond donors (Lipinski definition) is 1. The Morgan fingerprint density at radius 1 is 1.24 bits per heavy atom. The predicted molar refractivity (Wildman–Crippen MR) is 85.5 cm³/mol. The average Bonchev–Trinajstić information content (AvgIpc) is 2.55. The largest absolute Gasteiger partial charge is 0.396 e. The van der Waals surface area contributed by atoms with E-state index in [1.165, 1.54) is 5.56 Å². The number of benzene rings is 1. The first-order valence-corrected chi connectivity index (χ1v) is 7.91. The molecule has 2 heterocycles. The maximum atomic E-state index is 9.69. The lowest BCUT2D eigenvalue weighted by Gasteiger charge is -2.45. The minimum Gasteiger partial charge on any atom is -0.396 e. The van der Waals surface area contributed by atoms with Crippen molar-refractivity contribution in [1.29, 1.82) is 0 Å². The van der Waals surface area contributed by atoms with E-state index in [-0.39, 0.29) is 18.7 Å². The number of rotatable bonds is 3. The third-order valence-corrected chi connectivity index (χ3v) is 4.73. The lowest BCUT2D eigenvalue weighted by Crippen LogP contribution is -2.53. The van der Waals surface area contributed by atoms with Crippen molar-refractivity contribution in [3.63, 3.8) is 0 Å². The van der Waals surface area contributed by atoms with Crippen molar-refractivity contribution in [1.82, 2.24) is 9.80 Å². The molecule has 4 heteroatoms. The SMILES string of the molecule is CN1CCN(C2N=CCCC2CO)C(c2ccccc2)C1. The molecule has 3 unspecified atom stereocenters. The van der Waals surface area contributed by atoms with Crippen molar-refractivity contribution in [2.75, 3.05) is 33.3 Å². The molecule has 0 spiro atoms. The zero-order chi connectivity index (χ0) is 14.7. The summed E-state index contributed by atoms with van der Waals surface area (Å²) < 4.78 is 0. The highest BCUT2D eigenvalue weighted by Gasteiger charge is 2.36. The van der Waals surface area contributed by atoms with Crippen LogP contribution < -0.4 is 0 Å². The van der Waals surface area contributed by atoms with Gasteiger partial charge < -0.3 is 10.0 Å². The number of aliphatic imine (C=N–C) groups is 1. The van der Waals surface area contributed by atoms with Crippen LogP contribution in [0.1, 0.15) is 24.4 Å². The summed E-state index contributed by atoms with van der Waals surface area (Å²) in [5, 5.41) is 9.69. The predicted octanol–water partition coefficient (Wildman–Crippen LogP) is 1.77. The summed E-state index contributed by atoms with van der Waals surface area (Å²) in [6, 6.07) is 11.1. The van der Waals surface area contributed by atoms with E-state index in [1.54, 1.807) is 0 Å². The van der Waals surface area contributed by atoms with Gasteiger partial charge in [0.05, 0.1) is 0 Å². The standard InChI is InChI=1S/C17H25N3O/c1-19-10-11-20(17-15(13-21)8-5-9-18-17)16(12-19)14-6-3-2-4-7-14/h2-4,6-7,9,15-17,21H,5,8,10-13H2,1H3. The maximum Gasteiger partial charge on any atom is 0.107 e. The highest BCUT2D eigenvalue weighted by molar-refractivity contribution is 5.58. The fourth-order valence-corrected chi connectivity index (χ4v) is 3.51. The number of aliphatic hydroxyl groups is 1. The first-order valence-electron chi connectivity index (χ1n) is 7.91. The minimum atomic E-state index is 0.127. The molecule has 0 aromatic heterocycles. The number of likely N-dealkylation sites (N-methyl/N-ethyl adjacent to an activating group) is 1. The summed E-state index contributed by atoms with van der Waals surface area (Å²) in [4.78, 5) is 9.60. The van der Waals surface area contributed by atoms with E-state index < -0.39 is 0 Å². The average molecular weight is 287 g/mol. The summed E-state index contributed by atoms with van der Waals surface area (Å²) in [6.07, 6.45) is 4.20. The minimum absolute atomic E-state index is 0.127. The van der Waals surface area contributed by atoms with Crippen LogP contribution in [0.5, 0.6) is 0 Å². The maximum absolute atomic E-state index is 9.69. The highest BCUT2D eigenvalue weighted by Crippen LogP contribution is 2.32. The van der Waals surface area contributed by atoms with Gasteiger partial charge in [0.1, 0.15) is 6.17 Å². The van der Waals surface area contributed by atoms with Gasteiger partial charge in [0.15, 0.2) is 0 Å². The van der Waals surface area contributed by atoms with E-state index >= 15 is 0 Å². The third kappa shape index (κ3) is 3.18. The molecule has 0 radical (unpaired) electrons. The Hall–Kier alpha value is -1.23. The first-order chi connectivity index (χ1) is 10.3. The fourth-order valence-electron chi connectivity index (χ4n) is 3.51. The second-order valence-corrected chi connectivity index (χ2v) is 6.19. The third-order valence-electron chi connectivity index (χ3n) is 4.73. The number of hydrogen-bond acceptors (Lipinski definition) is 4. The second-order valence-electron chi connectivity index (χ2n) is 6.19. The monoisotopic (exact) mass is 287 g/mol. The molecule has 1 fully saturated rings. The van der Waals surface area contributed by atoms with Crippen molar-refractivity contribution in [2.45, 2.75) is 25.0 Å². The molecule has 0 saturated carbocycles. The molecular formula is C17H25N3O. The summed E-state index contributed by atoms with van der Waals surface area (Å²) in [6.45, 7) is 3.33. The zero-order valence-corrected chi connectivity index (χ0v) is 12.7. The molecule has 1 saturated heterocycles. The summed E-state index contributed by atoms with van der Waals surface area (Å²) >= 11 is 0. The fraction of sp³-hybridized carbons (Fsp3) is 0.588. The molecule has 3 rings (SSSR count). The van der Waals surface area contributed by atoms with Gasteiger partial charge in [-0.15, -0.1) is 0 Å². The normalized spacial score (nSPS) is 31.4. The summed E-state index contributed by atoms with van der Waals surface area (Å²) in [7, 11) is 2.18. The Morgan fingerprint density at radius 3 is 2.81 bits per heavy atom. The van der Waals surface area contributed by atoms with Crippen LogP contribution in [0.4, 0.5) is 0 Å². The van der Waals surface area contributed by atoms with Crippen LogP contribution in [0.15, 0.2) is 35.3 Å². The van der Waals surface area contributed by atoms with E-state index in [2.05, 4.69) is 47.2 Å². The molecule has 3 atom stereocenters. The Balaban J connectivity index is 1.87. The number of aliphatic hydroxyl groups excluding tert-OH is 1. The highest BCUT2D eigenvalue weighted by atomic mass is 16.3. The molecular weight excluding hydrogens is 262 g/mol. The van der Waals surface area contributed by atoms with Crippen molar-refractivity contribution in [2.24, 2.45) is 10.9 Å². The quantitative estimate of drug-likeness (QED) is 0.921. The van der Waals surface area contributed by atoms with Crippen LogP contribution >= 0.6 is 0 Å². The van der Waals surface area contributed by atoms with Crippen LogP contribution in [0.25, 0.3) is 0 Å². The first kappa shape index (κ1) is 14.7. The zero-order valence-electron chi connectivity index (χ0n) is 12.7. The van der Waals surface area contributed by atoms with Gasteiger partial charge in [0, 0.05) is 44.4 Å². The number of piperazine rings is 1. The van der Waals surface area contributed by atoms with E-state index in [1.807, 2.05) is 6.21 Å². The van der Waals surface area contributed by atoms with Crippen LogP contribution in [0.3, 0.4) is 0 Å². The van der Waals surface area contributed by atoms with Gasteiger partial charge in [-0.2, -0.15) is 0 Å². The van der Waals surface area contributed by atoms with Gasteiger partial charge in [-0.05, 0) is 25.5 Å². The molecule has 0 aliphatic carbocycles. The molecule has 1 aromatic carbocycles. The lowest BCUT2D eigenvalue weighted by atomic mass is 9.94. The lowest BCUT2D eigenvalue weighted by molar-refractivity contribution is 0.0128. The molecule has 0 amide bonds. The van der Waals surface area contributed by atoms with Gasteiger partial charge in [0.2, 0.25) is 0 Å². The Morgan fingerprint density at radius 2 is 2.05 bits per heavy atom. The van der Waals surface area contributed by atoms with E-state index in [9.17, 15) is 5.11 Å². The summed E-state index contributed by atoms with van der Waals surface area (Å²) in [5.41, 5.74) is 1.35. The van der Waals surface area contributed by atoms with E-state index in [0.29, 0.717) is 6.04 Å². The Kier molecular flexibility index (Phi) is 4.68. The van der Waals surface area contributed by atoms with Gasteiger partial charge in [0.25, 0.3) is 0 Å².